The van der Waals surface area contributed by atoms with E-state index < -0.39 is 0 Å². The van der Waals surface area contributed by atoms with Gasteiger partial charge in [0.05, 0.1) is 28.5 Å². The minimum Gasteiger partial charge on any atom is -0.476 e. The van der Waals surface area contributed by atoms with Gasteiger partial charge < -0.3 is 10.1 Å². The number of nitrogens with zero attached hydrogens (tertiary/aromatic N) is 3. The molecule has 0 bridgehead atoms. The molecule has 96 valence electrons. The van der Waals surface area contributed by atoms with Gasteiger partial charge >= 0.3 is 0 Å². The van der Waals surface area contributed by atoms with Gasteiger partial charge in [0.15, 0.2) is 0 Å². The third-order valence-electron chi connectivity index (χ3n) is 2.35. The van der Waals surface area contributed by atoms with Crippen molar-refractivity contribution >= 4 is 33.2 Å². The highest BCUT2D eigenvalue weighted by molar-refractivity contribution is 9.10. The maximum Gasteiger partial charge on any atom is 0.232 e. The summed E-state index contributed by atoms with van der Waals surface area (Å²) in [5.41, 5.74) is 2.92. The van der Waals surface area contributed by atoms with Crippen molar-refractivity contribution in [1.29, 1.82) is 0 Å². The minimum atomic E-state index is 0.544. The van der Waals surface area contributed by atoms with Crippen LogP contribution in [-0.4, -0.2) is 28.6 Å². The fraction of sp³-hybridized carbons (Fsp3) is 0.364. The summed E-state index contributed by atoms with van der Waals surface area (Å²) in [6.45, 7) is 2.58. The van der Waals surface area contributed by atoms with Gasteiger partial charge in [0.1, 0.15) is 0 Å². The van der Waals surface area contributed by atoms with Crippen LogP contribution in [0, 0.1) is 6.92 Å². The van der Waals surface area contributed by atoms with Crippen molar-refractivity contribution in [3.63, 3.8) is 0 Å². The van der Waals surface area contributed by atoms with Crippen LogP contribution in [0.1, 0.15) is 10.6 Å². The van der Waals surface area contributed by atoms with E-state index in [-0.39, 0.29) is 0 Å². The predicted octanol–water partition coefficient (Wildman–Crippen LogP) is 2.67. The molecule has 2 rings (SSSR count). The molecule has 0 saturated heterocycles. The zero-order valence-electron chi connectivity index (χ0n) is 10.1. The number of ether oxygens (including phenoxy) is 1. The first-order valence-corrected chi connectivity index (χ1v) is 7.10. The van der Waals surface area contributed by atoms with E-state index in [0.717, 1.165) is 16.6 Å². The molecule has 0 fully saturated rings. The average molecular weight is 329 g/mol. The second-order valence-electron chi connectivity index (χ2n) is 3.56. The third kappa shape index (κ3) is 3.17. The molecule has 0 aromatic carbocycles. The molecule has 0 radical (unpaired) electrons. The Kier molecular flexibility index (Phi) is 4.48. The molecular formula is C11H13BrN4OS. The van der Waals surface area contributed by atoms with Gasteiger partial charge in [0, 0.05) is 18.3 Å². The number of thiazole rings is 1. The molecule has 0 aliphatic carbocycles. The average Bonchev–Trinajstić information content (AvgIpc) is 2.77. The molecule has 0 unspecified atom stereocenters. The molecule has 0 atom stereocenters. The van der Waals surface area contributed by atoms with Crippen LogP contribution < -0.4 is 10.1 Å². The molecule has 2 aromatic heterocycles. The van der Waals surface area contributed by atoms with Gasteiger partial charge in [0.25, 0.3) is 0 Å². The summed E-state index contributed by atoms with van der Waals surface area (Å²) in [7, 11) is 1.77. The summed E-state index contributed by atoms with van der Waals surface area (Å²) in [5, 5.41) is 2.88. The van der Waals surface area contributed by atoms with E-state index >= 15 is 0 Å². The quantitative estimate of drug-likeness (QED) is 0.914. The van der Waals surface area contributed by atoms with Crippen LogP contribution in [0.4, 0.5) is 5.95 Å². The lowest BCUT2D eigenvalue weighted by Gasteiger charge is -2.07. The largest absolute Gasteiger partial charge is 0.476 e. The Balaban J connectivity index is 1.96. The molecule has 18 heavy (non-hydrogen) atoms. The summed E-state index contributed by atoms with van der Waals surface area (Å²) in [6.07, 6.45) is 2.51. The van der Waals surface area contributed by atoms with Gasteiger partial charge in [0.2, 0.25) is 11.8 Å². The molecule has 0 saturated carbocycles. The monoisotopic (exact) mass is 328 g/mol. The van der Waals surface area contributed by atoms with Gasteiger partial charge in [-0.1, -0.05) is 0 Å². The van der Waals surface area contributed by atoms with E-state index in [9.17, 15) is 0 Å². The predicted molar refractivity (Wildman–Crippen MR) is 75.3 cm³/mol. The molecule has 0 spiro atoms. The lowest BCUT2D eigenvalue weighted by molar-refractivity contribution is 0.308. The van der Waals surface area contributed by atoms with Crippen molar-refractivity contribution < 1.29 is 4.74 Å². The van der Waals surface area contributed by atoms with Crippen molar-refractivity contribution in [2.75, 3.05) is 19.0 Å². The van der Waals surface area contributed by atoms with E-state index in [1.54, 1.807) is 24.6 Å². The Labute approximate surface area is 118 Å². The van der Waals surface area contributed by atoms with E-state index in [2.05, 4.69) is 36.2 Å². The molecule has 5 nitrogen and oxygen atoms in total. The maximum absolute atomic E-state index is 5.65. The van der Waals surface area contributed by atoms with Crippen LogP contribution in [0.3, 0.4) is 0 Å². The van der Waals surface area contributed by atoms with Gasteiger partial charge in [-0.25, -0.2) is 9.97 Å². The van der Waals surface area contributed by atoms with Crippen molar-refractivity contribution in [3.8, 4) is 5.88 Å². The highest BCUT2D eigenvalue weighted by Crippen LogP contribution is 2.23. The smallest absolute Gasteiger partial charge is 0.232 e. The molecule has 0 aliphatic rings. The fourth-order valence-electron chi connectivity index (χ4n) is 1.38. The highest BCUT2D eigenvalue weighted by Gasteiger charge is 2.07. The summed E-state index contributed by atoms with van der Waals surface area (Å²) >= 11 is 5.01. The van der Waals surface area contributed by atoms with Crippen molar-refractivity contribution in [1.82, 2.24) is 15.0 Å². The van der Waals surface area contributed by atoms with E-state index in [1.807, 2.05) is 12.4 Å². The number of halogens is 1. The SMILES string of the molecule is CNc1ncc(Br)c(OCCc2scnc2C)n1. The Morgan fingerprint density at radius 1 is 1.44 bits per heavy atom. The standard InChI is InChI=1S/C11H13BrN4OS/c1-7-9(18-6-15-7)3-4-17-10-8(12)5-14-11(13-2)16-10/h5-6H,3-4H2,1-2H3,(H,13,14,16). The molecule has 7 heteroatoms. The van der Waals surface area contributed by atoms with Crippen LogP contribution >= 0.6 is 27.3 Å². The zero-order chi connectivity index (χ0) is 13.0. The van der Waals surface area contributed by atoms with Crippen LogP contribution in [0.2, 0.25) is 0 Å². The number of aryl methyl sites for hydroxylation is 1. The first-order valence-electron chi connectivity index (χ1n) is 5.42. The lowest BCUT2D eigenvalue weighted by Crippen LogP contribution is -2.05. The first-order chi connectivity index (χ1) is 8.70. The van der Waals surface area contributed by atoms with Crippen molar-refractivity contribution in [2.45, 2.75) is 13.3 Å². The number of aromatic nitrogens is 3. The van der Waals surface area contributed by atoms with Crippen LogP contribution in [0.25, 0.3) is 0 Å². The Morgan fingerprint density at radius 3 is 2.94 bits per heavy atom. The molecular weight excluding hydrogens is 316 g/mol. The molecule has 2 heterocycles. The number of hydrogen-bond donors (Lipinski definition) is 1. The van der Waals surface area contributed by atoms with Crippen LogP contribution in [-0.2, 0) is 6.42 Å². The second-order valence-corrected chi connectivity index (χ2v) is 5.35. The van der Waals surface area contributed by atoms with E-state index in [4.69, 9.17) is 4.74 Å². The second kappa shape index (κ2) is 6.10. The summed E-state index contributed by atoms with van der Waals surface area (Å²) in [5.74, 6) is 1.10. The normalized spacial score (nSPS) is 10.4. The fourth-order valence-corrected chi connectivity index (χ4v) is 2.45. The Hall–Kier alpha value is -1.21. The van der Waals surface area contributed by atoms with Gasteiger partial charge in [-0.05, 0) is 22.9 Å². The van der Waals surface area contributed by atoms with Crippen LogP contribution in [0.5, 0.6) is 5.88 Å². The van der Waals surface area contributed by atoms with Gasteiger partial charge in [-0.15, -0.1) is 11.3 Å². The van der Waals surface area contributed by atoms with Crippen molar-refractivity contribution in [3.05, 3.63) is 26.8 Å². The number of rotatable bonds is 5. The topological polar surface area (TPSA) is 59.9 Å². The minimum absolute atomic E-state index is 0.544. The summed E-state index contributed by atoms with van der Waals surface area (Å²) in [6, 6.07) is 0. The number of nitrogens with one attached hydrogen (secondary N) is 1. The zero-order valence-corrected chi connectivity index (χ0v) is 12.5. The molecule has 0 amide bonds. The summed E-state index contributed by atoms with van der Waals surface area (Å²) < 4.78 is 6.40. The third-order valence-corrected chi connectivity index (χ3v) is 3.89. The van der Waals surface area contributed by atoms with Gasteiger partial charge in [-0.3, -0.25) is 0 Å². The van der Waals surface area contributed by atoms with Crippen LogP contribution in [0.15, 0.2) is 16.2 Å². The number of anilines is 1. The Morgan fingerprint density at radius 2 is 2.28 bits per heavy atom. The lowest BCUT2D eigenvalue weighted by atomic mass is 10.3. The first kappa shape index (κ1) is 13.2. The van der Waals surface area contributed by atoms with E-state index in [0.29, 0.717) is 18.4 Å². The number of hydrogen-bond acceptors (Lipinski definition) is 6. The maximum atomic E-state index is 5.65. The highest BCUT2D eigenvalue weighted by atomic mass is 79.9. The Bertz CT molecular complexity index is 532. The summed E-state index contributed by atoms with van der Waals surface area (Å²) in [4.78, 5) is 13.8. The van der Waals surface area contributed by atoms with E-state index in [1.165, 1.54) is 4.88 Å². The van der Waals surface area contributed by atoms with Crippen molar-refractivity contribution in [2.24, 2.45) is 0 Å². The molecule has 1 N–H and O–H groups in total. The molecule has 0 aliphatic heterocycles. The molecule has 2 aromatic rings. The van der Waals surface area contributed by atoms with Gasteiger partial charge in [-0.2, -0.15) is 4.98 Å².